The maximum atomic E-state index is 12.0. The van der Waals surface area contributed by atoms with Gasteiger partial charge in [-0.25, -0.2) is 0 Å². The molecule has 0 aromatic rings. The van der Waals surface area contributed by atoms with Gasteiger partial charge in [-0.2, -0.15) is 13.2 Å². The van der Waals surface area contributed by atoms with E-state index in [0.29, 0.717) is 6.42 Å². The first-order chi connectivity index (χ1) is 6.00. The predicted octanol–water partition coefficient (Wildman–Crippen LogP) is 4.24. The summed E-state index contributed by atoms with van der Waals surface area (Å²) in [6, 6.07) is 0. The fourth-order valence-electron chi connectivity index (χ4n) is 1.05. The second-order valence-corrected chi connectivity index (χ2v) is 2.69. The van der Waals surface area contributed by atoms with E-state index in [2.05, 4.69) is 0 Å². The van der Waals surface area contributed by atoms with Gasteiger partial charge in [0.2, 0.25) is 0 Å². The maximum Gasteiger partial charge on any atom is 0.416 e. The molecule has 0 unspecified atom stereocenters. The Hall–Kier alpha value is -0.730. The van der Waals surface area contributed by atoms with Crippen LogP contribution >= 0.6 is 0 Å². The summed E-state index contributed by atoms with van der Waals surface area (Å²) in [5.41, 5.74) is 0.307. The molecule has 76 valence electrons. The van der Waals surface area contributed by atoms with Crippen LogP contribution in [0, 0.1) is 0 Å². The highest BCUT2D eigenvalue weighted by Crippen LogP contribution is 2.31. The number of halogens is 3. The van der Waals surface area contributed by atoms with E-state index in [-0.39, 0.29) is 0 Å². The fourth-order valence-corrected chi connectivity index (χ4v) is 1.05. The van der Waals surface area contributed by atoms with Crippen LogP contribution in [0.5, 0.6) is 0 Å². The van der Waals surface area contributed by atoms with Crippen molar-refractivity contribution in [3.05, 3.63) is 23.3 Å². The molecule has 3 heteroatoms. The monoisotopic (exact) mass is 192 g/mol. The molecule has 0 aliphatic heterocycles. The Bertz CT molecular complexity index is 209. The van der Waals surface area contributed by atoms with Crippen molar-refractivity contribution in [2.24, 2.45) is 0 Å². The lowest BCUT2D eigenvalue weighted by atomic mass is 10.0. The molecule has 0 amide bonds. The van der Waals surface area contributed by atoms with Crippen LogP contribution in [0.4, 0.5) is 13.2 Å². The molecule has 0 N–H and O–H groups in total. The third kappa shape index (κ3) is 4.15. The van der Waals surface area contributed by atoms with Crippen LogP contribution < -0.4 is 0 Å². The molecule has 0 saturated carbocycles. The number of allylic oxidation sites excluding steroid dienone is 4. The molecule has 0 radical (unpaired) electrons. The lowest BCUT2D eigenvalue weighted by Crippen LogP contribution is -2.11. The van der Waals surface area contributed by atoms with Crippen LogP contribution in [0.1, 0.15) is 33.6 Å². The minimum atomic E-state index is -4.16. The van der Waals surface area contributed by atoms with E-state index in [1.54, 1.807) is 6.92 Å². The van der Waals surface area contributed by atoms with Crippen LogP contribution in [0.2, 0.25) is 0 Å². The standard InChI is InChI=1S/C8H9F3.C2H6/c1-6-3-2-4-7(5-6)8(9,10)11;1-2/h4-5H,2-3H2,1H3;1-2H3. The number of hydrogen-bond donors (Lipinski definition) is 0. The van der Waals surface area contributed by atoms with Crippen molar-refractivity contribution in [2.75, 3.05) is 0 Å². The minimum absolute atomic E-state index is 0.499. The van der Waals surface area contributed by atoms with E-state index in [0.717, 1.165) is 12.0 Å². The van der Waals surface area contributed by atoms with Gasteiger partial charge in [0.25, 0.3) is 0 Å². The zero-order valence-corrected chi connectivity index (χ0v) is 8.20. The highest BCUT2D eigenvalue weighted by molar-refractivity contribution is 5.30. The van der Waals surface area contributed by atoms with Crippen molar-refractivity contribution in [1.29, 1.82) is 0 Å². The largest absolute Gasteiger partial charge is 0.416 e. The van der Waals surface area contributed by atoms with E-state index in [9.17, 15) is 13.2 Å². The molecule has 0 spiro atoms. The molecular weight excluding hydrogens is 177 g/mol. The first kappa shape index (κ1) is 12.3. The molecule has 0 bridgehead atoms. The van der Waals surface area contributed by atoms with Crippen LogP contribution in [0.3, 0.4) is 0 Å². The maximum absolute atomic E-state index is 12.0. The van der Waals surface area contributed by atoms with Gasteiger partial charge < -0.3 is 0 Å². The Kier molecular flexibility index (Phi) is 4.81. The van der Waals surface area contributed by atoms with Gasteiger partial charge in [0.1, 0.15) is 0 Å². The molecule has 13 heavy (non-hydrogen) atoms. The first-order valence-electron chi connectivity index (χ1n) is 4.44. The molecule has 0 heterocycles. The predicted molar refractivity (Wildman–Crippen MR) is 48.5 cm³/mol. The van der Waals surface area contributed by atoms with E-state index >= 15 is 0 Å². The third-order valence-electron chi connectivity index (χ3n) is 1.63. The molecule has 0 atom stereocenters. The summed E-state index contributed by atoms with van der Waals surface area (Å²) >= 11 is 0. The topological polar surface area (TPSA) is 0 Å². The third-order valence-corrected chi connectivity index (χ3v) is 1.63. The van der Waals surface area contributed by atoms with Gasteiger partial charge in [-0.3, -0.25) is 0 Å². The molecule has 1 rings (SSSR count). The summed E-state index contributed by atoms with van der Waals surface area (Å²) in [7, 11) is 0. The quantitative estimate of drug-likeness (QED) is 0.538. The van der Waals surface area contributed by atoms with Gasteiger partial charge in [-0.15, -0.1) is 0 Å². The molecular formula is C10H15F3. The minimum Gasteiger partial charge on any atom is -0.166 e. The van der Waals surface area contributed by atoms with Crippen molar-refractivity contribution >= 4 is 0 Å². The highest BCUT2D eigenvalue weighted by Gasteiger charge is 2.32. The number of hydrogen-bond acceptors (Lipinski definition) is 0. The Morgan fingerprint density at radius 1 is 1.23 bits per heavy atom. The zero-order chi connectivity index (χ0) is 10.5. The van der Waals surface area contributed by atoms with E-state index < -0.39 is 11.7 Å². The summed E-state index contributed by atoms with van der Waals surface area (Å²) in [4.78, 5) is 0. The fraction of sp³-hybridized carbons (Fsp3) is 0.600. The lowest BCUT2D eigenvalue weighted by molar-refractivity contribution is -0.0887. The number of rotatable bonds is 0. The second-order valence-electron chi connectivity index (χ2n) is 2.69. The lowest BCUT2D eigenvalue weighted by Gasteiger charge is -2.13. The first-order valence-corrected chi connectivity index (χ1v) is 4.44. The molecule has 0 aromatic carbocycles. The van der Waals surface area contributed by atoms with Crippen molar-refractivity contribution in [2.45, 2.75) is 39.8 Å². The average Bonchev–Trinajstić information content (AvgIpc) is 2.06. The molecule has 1 aliphatic carbocycles. The Balaban J connectivity index is 0.000000671. The normalized spacial score (nSPS) is 16.8. The molecule has 0 nitrogen and oxygen atoms in total. The Morgan fingerprint density at radius 2 is 1.77 bits per heavy atom. The van der Waals surface area contributed by atoms with Crippen molar-refractivity contribution < 1.29 is 13.2 Å². The second kappa shape index (κ2) is 5.10. The molecule has 0 fully saturated rings. The van der Waals surface area contributed by atoms with E-state index in [1.165, 1.54) is 12.2 Å². The van der Waals surface area contributed by atoms with Crippen LogP contribution in [0.25, 0.3) is 0 Å². The summed E-state index contributed by atoms with van der Waals surface area (Å²) in [5, 5.41) is 0. The Labute approximate surface area is 77.1 Å². The zero-order valence-electron chi connectivity index (χ0n) is 8.20. The highest BCUT2D eigenvalue weighted by atomic mass is 19.4. The van der Waals surface area contributed by atoms with Crippen LogP contribution in [-0.4, -0.2) is 6.18 Å². The van der Waals surface area contributed by atoms with Gasteiger partial charge in [0.05, 0.1) is 5.57 Å². The molecule has 0 aromatic heterocycles. The summed E-state index contributed by atoms with van der Waals surface area (Å²) < 4.78 is 36.0. The van der Waals surface area contributed by atoms with Gasteiger partial charge >= 0.3 is 6.18 Å². The average molecular weight is 192 g/mol. The SMILES string of the molecule is CC.CC1=CC(C(F)(F)F)=CCC1. The molecule has 0 saturated heterocycles. The molecule has 1 aliphatic rings. The number of alkyl halides is 3. The summed E-state index contributed by atoms with van der Waals surface area (Å²) in [5.74, 6) is 0. The summed E-state index contributed by atoms with van der Waals surface area (Å²) in [6.45, 7) is 5.72. The van der Waals surface area contributed by atoms with Crippen LogP contribution in [0.15, 0.2) is 23.3 Å². The van der Waals surface area contributed by atoms with Gasteiger partial charge in [0.15, 0.2) is 0 Å². The smallest absolute Gasteiger partial charge is 0.166 e. The van der Waals surface area contributed by atoms with E-state index in [4.69, 9.17) is 0 Å². The van der Waals surface area contributed by atoms with Crippen molar-refractivity contribution in [3.63, 3.8) is 0 Å². The van der Waals surface area contributed by atoms with Gasteiger partial charge in [0, 0.05) is 0 Å². The summed E-state index contributed by atoms with van der Waals surface area (Å²) in [6.07, 6.45) is -0.449. The van der Waals surface area contributed by atoms with Crippen molar-refractivity contribution in [3.8, 4) is 0 Å². The van der Waals surface area contributed by atoms with Gasteiger partial charge in [-0.1, -0.05) is 31.6 Å². The van der Waals surface area contributed by atoms with Gasteiger partial charge in [-0.05, 0) is 19.8 Å². The Morgan fingerprint density at radius 3 is 2.08 bits per heavy atom. The van der Waals surface area contributed by atoms with Crippen molar-refractivity contribution in [1.82, 2.24) is 0 Å². The van der Waals surface area contributed by atoms with Crippen LogP contribution in [-0.2, 0) is 0 Å². The van der Waals surface area contributed by atoms with E-state index in [1.807, 2.05) is 13.8 Å².